The van der Waals surface area contributed by atoms with Gasteiger partial charge in [-0.25, -0.2) is 13.8 Å². The van der Waals surface area contributed by atoms with Crippen molar-refractivity contribution in [2.75, 3.05) is 18.8 Å². The van der Waals surface area contributed by atoms with Gasteiger partial charge in [0.2, 0.25) is 5.91 Å². The second-order valence-corrected chi connectivity index (χ2v) is 9.93. The number of pyridine rings is 2. The van der Waals surface area contributed by atoms with Crippen LogP contribution in [0.3, 0.4) is 0 Å². The number of benzene rings is 1. The van der Waals surface area contributed by atoms with E-state index in [0.717, 1.165) is 6.07 Å². The van der Waals surface area contributed by atoms with Crippen molar-refractivity contribution in [2.24, 2.45) is 0 Å². The van der Waals surface area contributed by atoms with Crippen molar-refractivity contribution in [3.63, 3.8) is 0 Å². The number of hydrogen-bond donors (Lipinski definition) is 3. The molecular formula is C29H25F5N6O2. The summed E-state index contributed by atoms with van der Waals surface area (Å²) in [4.78, 5) is 37.1. The molecule has 218 valence electrons. The highest BCUT2D eigenvalue weighted by Gasteiger charge is 2.36. The van der Waals surface area contributed by atoms with Crippen LogP contribution in [-0.4, -0.2) is 50.7 Å². The summed E-state index contributed by atoms with van der Waals surface area (Å²) in [6, 6.07) is 10.1. The van der Waals surface area contributed by atoms with Gasteiger partial charge in [-0.15, -0.1) is 0 Å². The van der Waals surface area contributed by atoms with Crippen LogP contribution in [0.1, 0.15) is 40.0 Å². The third-order valence-corrected chi connectivity index (χ3v) is 6.87. The predicted molar refractivity (Wildman–Crippen MR) is 146 cm³/mol. The van der Waals surface area contributed by atoms with Crippen LogP contribution in [0, 0.1) is 0 Å². The summed E-state index contributed by atoms with van der Waals surface area (Å²) < 4.78 is 68.9. The van der Waals surface area contributed by atoms with E-state index in [0.29, 0.717) is 17.1 Å². The van der Waals surface area contributed by atoms with E-state index in [1.807, 2.05) is 0 Å². The molecule has 0 spiro atoms. The van der Waals surface area contributed by atoms with Crippen LogP contribution in [0.5, 0.6) is 0 Å². The first kappa shape index (κ1) is 28.7. The molecule has 4 N–H and O–H groups in total. The molecule has 0 bridgehead atoms. The number of fused-ring (bicyclic) bond motifs is 1. The van der Waals surface area contributed by atoms with Crippen LogP contribution < -0.4 is 11.1 Å². The fourth-order valence-corrected chi connectivity index (χ4v) is 4.61. The van der Waals surface area contributed by atoms with Crippen LogP contribution >= 0.6 is 0 Å². The molecule has 0 saturated carbocycles. The number of hydrogen-bond acceptors (Lipinski definition) is 5. The molecule has 3 aromatic heterocycles. The lowest BCUT2D eigenvalue weighted by molar-refractivity contribution is -0.136. The van der Waals surface area contributed by atoms with Gasteiger partial charge < -0.3 is 20.9 Å². The van der Waals surface area contributed by atoms with E-state index in [1.165, 1.54) is 53.7 Å². The van der Waals surface area contributed by atoms with Crippen molar-refractivity contribution < 1.29 is 31.5 Å². The average Bonchev–Trinajstić information content (AvgIpc) is 3.37. The van der Waals surface area contributed by atoms with E-state index in [2.05, 4.69) is 20.3 Å². The average molecular weight is 585 g/mol. The molecule has 1 aliphatic heterocycles. The molecule has 0 unspecified atom stereocenters. The molecule has 13 heteroatoms. The van der Waals surface area contributed by atoms with Crippen LogP contribution in [0.15, 0.2) is 60.9 Å². The lowest BCUT2D eigenvalue weighted by atomic mass is 10.0. The smallest absolute Gasteiger partial charge is 0.384 e. The van der Waals surface area contributed by atoms with E-state index in [1.54, 1.807) is 12.1 Å². The first-order valence-electron chi connectivity index (χ1n) is 12.9. The number of anilines is 1. The van der Waals surface area contributed by atoms with E-state index in [9.17, 15) is 31.5 Å². The zero-order valence-electron chi connectivity index (χ0n) is 22.0. The summed E-state index contributed by atoms with van der Waals surface area (Å²) >= 11 is 0. The minimum atomic E-state index is -4.69. The number of nitrogens with one attached hydrogen (secondary N) is 2. The number of amides is 2. The molecule has 2 amide bonds. The number of carbonyl (C=O) groups excluding carboxylic acids is 2. The van der Waals surface area contributed by atoms with Gasteiger partial charge in [0.25, 0.3) is 11.8 Å². The zero-order valence-corrected chi connectivity index (χ0v) is 22.0. The van der Waals surface area contributed by atoms with Gasteiger partial charge in [-0.2, -0.15) is 13.2 Å². The number of aromatic amines is 1. The molecule has 4 heterocycles. The Hall–Kier alpha value is -4.81. The van der Waals surface area contributed by atoms with Crippen molar-refractivity contribution in [3.05, 3.63) is 83.3 Å². The maximum Gasteiger partial charge on any atom is 0.418 e. The number of rotatable bonds is 6. The highest BCUT2D eigenvalue weighted by atomic mass is 19.4. The lowest BCUT2D eigenvalue weighted by Gasteiger charge is -2.31. The highest BCUT2D eigenvalue weighted by Crippen LogP contribution is 2.38. The molecule has 42 heavy (non-hydrogen) atoms. The van der Waals surface area contributed by atoms with Gasteiger partial charge in [-0.3, -0.25) is 14.6 Å². The number of piperidine rings is 1. The molecule has 8 nitrogen and oxygen atoms in total. The number of nitrogens with two attached hydrogens (primary N) is 1. The van der Waals surface area contributed by atoms with E-state index < -0.39 is 42.3 Å². The number of nitrogens with zero attached hydrogens (tertiary/aromatic N) is 3. The minimum Gasteiger partial charge on any atom is -0.384 e. The summed E-state index contributed by atoms with van der Waals surface area (Å²) in [5.41, 5.74) is 5.99. The Morgan fingerprint density at radius 1 is 1.05 bits per heavy atom. The Morgan fingerprint density at radius 2 is 1.81 bits per heavy atom. The number of aromatic nitrogens is 3. The Kier molecular flexibility index (Phi) is 7.67. The number of alkyl halides is 5. The molecule has 0 radical (unpaired) electrons. The van der Waals surface area contributed by atoms with Crippen molar-refractivity contribution in [1.82, 2.24) is 25.2 Å². The van der Waals surface area contributed by atoms with E-state index in [4.69, 9.17) is 5.73 Å². The fourth-order valence-electron chi connectivity index (χ4n) is 4.61. The second kappa shape index (κ2) is 11.2. The van der Waals surface area contributed by atoms with Gasteiger partial charge in [-0.05, 0) is 54.1 Å². The van der Waals surface area contributed by atoms with Crippen LogP contribution in [0.25, 0.3) is 28.2 Å². The third kappa shape index (κ3) is 6.56. The Bertz CT molecular complexity index is 1640. The lowest BCUT2D eigenvalue weighted by Crippen LogP contribution is -2.42. The highest BCUT2D eigenvalue weighted by molar-refractivity contribution is 5.95. The second-order valence-electron chi connectivity index (χ2n) is 9.93. The fraction of sp³-hybridized carbons (Fsp3) is 0.241. The molecule has 1 fully saturated rings. The largest absolute Gasteiger partial charge is 0.418 e. The molecule has 4 aromatic rings. The number of halogens is 5. The third-order valence-electron chi connectivity index (χ3n) is 6.87. The molecule has 0 atom stereocenters. The van der Waals surface area contributed by atoms with Gasteiger partial charge in [0.05, 0.1) is 28.9 Å². The van der Waals surface area contributed by atoms with Gasteiger partial charge >= 0.3 is 6.18 Å². The standard InChI is InChI=1S/C29H25F5N6O2/c30-28(31)7-9-40(10-8-28)27(42)18-3-4-23(36-15-18)19-11-20-12-21(39-26(20)22(13-19)29(32,33)34)16-38-25(41)6-2-17-1-5-24(35)37-14-17/h1-6,11-15,39H,7-10,16H2,(H2,35,37)(H,38,41)/b6-2+. The monoisotopic (exact) mass is 584 g/mol. The van der Waals surface area contributed by atoms with Crippen LogP contribution in [0.4, 0.5) is 27.8 Å². The number of nitrogen functional groups attached to an aromatic ring is 1. The topological polar surface area (TPSA) is 117 Å². The molecule has 5 rings (SSSR count). The molecule has 1 saturated heterocycles. The Labute approximate surface area is 236 Å². The van der Waals surface area contributed by atoms with E-state index in [-0.39, 0.29) is 47.4 Å². The molecule has 1 aromatic carbocycles. The maximum absolute atomic E-state index is 14.0. The summed E-state index contributed by atoms with van der Waals surface area (Å²) in [5, 5.41) is 2.87. The molecule has 1 aliphatic rings. The van der Waals surface area contributed by atoms with Crippen molar-refractivity contribution >= 4 is 34.6 Å². The van der Waals surface area contributed by atoms with Gasteiger partial charge in [0, 0.05) is 61.0 Å². The Balaban J connectivity index is 1.33. The van der Waals surface area contributed by atoms with Gasteiger partial charge in [0.1, 0.15) is 5.82 Å². The quantitative estimate of drug-likeness (QED) is 0.207. The van der Waals surface area contributed by atoms with Crippen molar-refractivity contribution in [2.45, 2.75) is 31.5 Å². The van der Waals surface area contributed by atoms with Crippen molar-refractivity contribution in [3.8, 4) is 11.3 Å². The van der Waals surface area contributed by atoms with Crippen molar-refractivity contribution in [1.29, 1.82) is 0 Å². The van der Waals surface area contributed by atoms with Crippen LogP contribution in [0.2, 0.25) is 0 Å². The summed E-state index contributed by atoms with van der Waals surface area (Å²) in [5.74, 6) is -3.39. The number of likely N-dealkylation sites (tertiary alicyclic amines) is 1. The van der Waals surface area contributed by atoms with Gasteiger partial charge in [0.15, 0.2) is 0 Å². The predicted octanol–water partition coefficient (Wildman–Crippen LogP) is 5.43. The summed E-state index contributed by atoms with van der Waals surface area (Å²) in [6.45, 7) is -0.237. The molecular weight excluding hydrogens is 559 g/mol. The van der Waals surface area contributed by atoms with E-state index >= 15 is 0 Å². The van der Waals surface area contributed by atoms with Gasteiger partial charge in [-0.1, -0.05) is 0 Å². The normalized spacial score (nSPS) is 15.3. The number of carbonyl (C=O) groups is 2. The number of H-pyrrole nitrogens is 1. The Morgan fingerprint density at radius 3 is 2.45 bits per heavy atom. The minimum absolute atomic E-state index is 0.0536. The van der Waals surface area contributed by atoms with Crippen LogP contribution in [-0.2, 0) is 17.5 Å². The molecule has 0 aliphatic carbocycles. The first-order valence-corrected chi connectivity index (χ1v) is 12.9. The first-order chi connectivity index (χ1) is 19.9. The maximum atomic E-state index is 14.0. The zero-order chi connectivity index (χ0) is 30.1. The summed E-state index contributed by atoms with van der Waals surface area (Å²) in [6.07, 6.45) is -0.0233. The summed E-state index contributed by atoms with van der Waals surface area (Å²) in [7, 11) is 0. The SMILES string of the molecule is Nc1ccc(/C=C/C(=O)NCc2cc3cc(-c4ccc(C(=O)N5CCC(F)(F)CC5)cn4)cc(C(F)(F)F)c3[nH]2)cn1.